The molecule has 10 heteroatoms. The predicted octanol–water partition coefficient (Wildman–Crippen LogP) is 11.9. The molecule has 0 spiro atoms. The number of ether oxygens (including phenoxy) is 2. The lowest BCUT2D eigenvalue weighted by atomic mass is 10.0. The molecule has 0 amide bonds. The summed E-state index contributed by atoms with van der Waals surface area (Å²) in [5, 5.41) is 0. The molecule has 2 unspecified atom stereocenters. The smallest absolute Gasteiger partial charge is 0.462 e. The molecular weight excluding hydrogens is 689 g/mol. The highest BCUT2D eigenvalue weighted by molar-refractivity contribution is 7.47. The van der Waals surface area contributed by atoms with Gasteiger partial charge in [-0.15, -0.1) is 0 Å². The van der Waals surface area contributed by atoms with Crippen molar-refractivity contribution in [2.24, 2.45) is 5.73 Å². The first-order chi connectivity index (χ1) is 25.8. The average Bonchev–Trinajstić information content (AvgIpc) is 3.14. The van der Waals surface area contributed by atoms with E-state index in [4.69, 9.17) is 24.3 Å². The summed E-state index contributed by atoms with van der Waals surface area (Å²) in [6, 6.07) is 0. The van der Waals surface area contributed by atoms with Crippen LogP contribution in [0.1, 0.15) is 181 Å². The van der Waals surface area contributed by atoms with Gasteiger partial charge in [0.25, 0.3) is 0 Å². The summed E-state index contributed by atoms with van der Waals surface area (Å²) >= 11 is 0. The second kappa shape index (κ2) is 39.7. The summed E-state index contributed by atoms with van der Waals surface area (Å²) < 4.78 is 32.7. The minimum atomic E-state index is -4.38. The van der Waals surface area contributed by atoms with Crippen molar-refractivity contribution in [3.63, 3.8) is 0 Å². The van der Waals surface area contributed by atoms with E-state index >= 15 is 0 Å². The van der Waals surface area contributed by atoms with Gasteiger partial charge in [-0.05, 0) is 57.8 Å². The molecular formula is C43H78NO8P. The van der Waals surface area contributed by atoms with E-state index in [1.165, 1.54) is 89.9 Å². The van der Waals surface area contributed by atoms with Crippen molar-refractivity contribution in [3.8, 4) is 0 Å². The fourth-order valence-electron chi connectivity index (χ4n) is 5.56. The van der Waals surface area contributed by atoms with Gasteiger partial charge < -0.3 is 20.1 Å². The molecule has 308 valence electrons. The number of carbonyl (C=O) groups excluding carboxylic acids is 2. The number of hydrogen-bond acceptors (Lipinski definition) is 8. The maximum Gasteiger partial charge on any atom is 0.472 e. The normalized spacial score (nSPS) is 13.8. The second-order valence-electron chi connectivity index (χ2n) is 13.9. The minimum Gasteiger partial charge on any atom is -0.462 e. The first-order valence-electron chi connectivity index (χ1n) is 21.1. The Hall–Kier alpha value is -2.03. The lowest BCUT2D eigenvalue weighted by Crippen LogP contribution is -2.29. The van der Waals surface area contributed by atoms with E-state index in [1.807, 2.05) is 0 Å². The van der Waals surface area contributed by atoms with Crippen LogP contribution in [0.3, 0.4) is 0 Å². The number of esters is 2. The van der Waals surface area contributed by atoms with Crippen LogP contribution in [0, 0.1) is 0 Å². The third kappa shape index (κ3) is 39.5. The number of carbonyl (C=O) groups is 2. The van der Waals surface area contributed by atoms with Gasteiger partial charge in [-0.1, -0.05) is 159 Å². The molecule has 0 aliphatic carbocycles. The molecule has 53 heavy (non-hydrogen) atoms. The van der Waals surface area contributed by atoms with Crippen LogP contribution in [-0.4, -0.2) is 49.3 Å². The Morgan fingerprint density at radius 1 is 0.566 bits per heavy atom. The van der Waals surface area contributed by atoms with Crippen LogP contribution >= 0.6 is 7.82 Å². The van der Waals surface area contributed by atoms with Crippen LogP contribution in [0.2, 0.25) is 0 Å². The second-order valence-corrected chi connectivity index (χ2v) is 15.3. The molecule has 2 atom stereocenters. The Balaban J connectivity index is 4.24. The number of hydrogen-bond donors (Lipinski definition) is 2. The summed E-state index contributed by atoms with van der Waals surface area (Å²) in [5.74, 6) is -0.864. The Morgan fingerprint density at radius 3 is 1.49 bits per heavy atom. The highest BCUT2D eigenvalue weighted by Crippen LogP contribution is 2.43. The summed E-state index contributed by atoms with van der Waals surface area (Å²) in [6.45, 7) is 3.66. The molecule has 0 aromatic heterocycles. The quantitative estimate of drug-likeness (QED) is 0.0271. The molecule has 3 N–H and O–H groups in total. The molecule has 0 fully saturated rings. The summed E-state index contributed by atoms with van der Waals surface area (Å²) in [4.78, 5) is 34.8. The van der Waals surface area contributed by atoms with Crippen LogP contribution in [0.5, 0.6) is 0 Å². The highest BCUT2D eigenvalue weighted by Gasteiger charge is 2.26. The van der Waals surface area contributed by atoms with Gasteiger partial charge in [-0.25, -0.2) is 4.57 Å². The largest absolute Gasteiger partial charge is 0.472 e. The van der Waals surface area contributed by atoms with E-state index in [9.17, 15) is 19.0 Å². The first-order valence-corrected chi connectivity index (χ1v) is 22.6. The molecule has 0 aliphatic rings. The van der Waals surface area contributed by atoms with Gasteiger partial charge >= 0.3 is 19.8 Å². The van der Waals surface area contributed by atoms with Crippen LogP contribution in [0.4, 0.5) is 0 Å². The van der Waals surface area contributed by atoms with Crippen LogP contribution in [0.15, 0.2) is 48.6 Å². The fourth-order valence-corrected chi connectivity index (χ4v) is 6.32. The monoisotopic (exact) mass is 768 g/mol. The maximum absolute atomic E-state index is 12.6. The van der Waals surface area contributed by atoms with Gasteiger partial charge in [0.05, 0.1) is 13.2 Å². The third-order valence-electron chi connectivity index (χ3n) is 8.72. The number of unbranched alkanes of at least 4 members (excludes halogenated alkanes) is 18. The molecule has 0 saturated heterocycles. The Kier molecular flexibility index (Phi) is 38.1. The lowest BCUT2D eigenvalue weighted by molar-refractivity contribution is -0.161. The van der Waals surface area contributed by atoms with Gasteiger partial charge in [0.2, 0.25) is 0 Å². The van der Waals surface area contributed by atoms with E-state index < -0.39 is 32.5 Å². The van der Waals surface area contributed by atoms with E-state index in [-0.39, 0.29) is 32.6 Å². The van der Waals surface area contributed by atoms with Crippen molar-refractivity contribution in [1.29, 1.82) is 0 Å². The average molecular weight is 768 g/mol. The predicted molar refractivity (Wildman–Crippen MR) is 220 cm³/mol. The molecule has 0 aromatic rings. The summed E-state index contributed by atoms with van der Waals surface area (Å²) in [6.07, 6.45) is 44.2. The van der Waals surface area contributed by atoms with Crippen molar-refractivity contribution < 1.29 is 37.6 Å². The van der Waals surface area contributed by atoms with E-state index in [0.717, 1.165) is 57.8 Å². The fraction of sp³-hybridized carbons (Fsp3) is 0.767. The first kappa shape index (κ1) is 51.0. The number of rotatable bonds is 39. The third-order valence-corrected chi connectivity index (χ3v) is 9.70. The topological polar surface area (TPSA) is 134 Å². The zero-order valence-corrected chi connectivity index (χ0v) is 34.6. The van der Waals surface area contributed by atoms with Gasteiger partial charge in [0.1, 0.15) is 6.61 Å². The van der Waals surface area contributed by atoms with Crippen molar-refractivity contribution in [2.45, 2.75) is 187 Å². The molecule has 0 aliphatic heterocycles. The van der Waals surface area contributed by atoms with Crippen molar-refractivity contribution >= 4 is 19.8 Å². The van der Waals surface area contributed by atoms with Crippen molar-refractivity contribution in [2.75, 3.05) is 26.4 Å². The molecule has 0 radical (unpaired) electrons. The van der Waals surface area contributed by atoms with Gasteiger partial charge in [-0.3, -0.25) is 18.6 Å². The molecule has 0 rings (SSSR count). The number of allylic oxidation sites excluding steroid dienone is 8. The zero-order chi connectivity index (χ0) is 38.9. The Labute approximate surface area is 324 Å². The van der Waals surface area contributed by atoms with Crippen LogP contribution in [0.25, 0.3) is 0 Å². The van der Waals surface area contributed by atoms with Gasteiger partial charge in [0.15, 0.2) is 6.10 Å². The van der Waals surface area contributed by atoms with Crippen LogP contribution in [-0.2, 0) is 32.7 Å². The Morgan fingerprint density at radius 2 is 0.981 bits per heavy atom. The minimum absolute atomic E-state index is 0.0472. The number of phosphoric ester groups is 1. The molecule has 0 bridgehead atoms. The number of phosphoric acid groups is 1. The molecule has 0 aromatic carbocycles. The standard InChI is InChI=1S/C43H78NO8P/c1-3-5-7-9-11-13-15-17-18-19-20-21-22-24-26-28-30-32-34-36-43(46)52-41(40-51-53(47,48)50-38-37-44)39-49-42(45)35-33-31-29-27-25-23-16-14-12-10-8-6-4-2/h11,13,17-18,20-21,24,26,41H,3-10,12,14-16,19,22-23,25,27-40,44H2,1-2H3,(H,47,48). The van der Waals surface area contributed by atoms with Crippen molar-refractivity contribution in [1.82, 2.24) is 0 Å². The van der Waals surface area contributed by atoms with E-state index in [1.54, 1.807) is 0 Å². The summed E-state index contributed by atoms with van der Waals surface area (Å²) in [5.41, 5.74) is 5.34. The number of nitrogens with two attached hydrogens (primary N) is 1. The summed E-state index contributed by atoms with van der Waals surface area (Å²) in [7, 11) is -4.38. The van der Waals surface area contributed by atoms with Gasteiger partial charge in [-0.2, -0.15) is 0 Å². The van der Waals surface area contributed by atoms with E-state index in [0.29, 0.717) is 6.42 Å². The van der Waals surface area contributed by atoms with Gasteiger partial charge in [0, 0.05) is 19.4 Å². The van der Waals surface area contributed by atoms with E-state index in [2.05, 4.69) is 62.5 Å². The molecule has 0 saturated carbocycles. The SMILES string of the molecule is CCCCCC=CCC=CCC=CCC=CCCCCCC(=O)OC(COC(=O)CCCCCCCCCCCCCCC)COP(=O)(O)OCCN. The highest BCUT2D eigenvalue weighted by atomic mass is 31.2. The maximum atomic E-state index is 12.6. The lowest BCUT2D eigenvalue weighted by Gasteiger charge is -2.19. The van der Waals surface area contributed by atoms with Crippen molar-refractivity contribution in [3.05, 3.63) is 48.6 Å². The molecule has 9 nitrogen and oxygen atoms in total. The van der Waals surface area contributed by atoms with Crippen LogP contribution < -0.4 is 5.73 Å². The zero-order valence-electron chi connectivity index (χ0n) is 33.7. The Bertz CT molecular complexity index is 1010. The molecule has 0 heterocycles.